The Morgan fingerprint density at radius 1 is 0.786 bits per heavy atom. The molecule has 0 spiro atoms. The summed E-state index contributed by atoms with van der Waals surface area (Å²) in [5, 5.41) is 10.0. The van der Waals surface area contributed by atoms with Crippen molar-refractivity contribution < 1.29 is 5.11 Å². The van der Waals surface area contributed by atoms with Gasteiger partial charge in [-0.1, -0.05) is 58.8 Å². The molecular weight excluding hydrogens is 172 g/mol. The van der Waals surface area contributed by atoms with Crippen LogP contribution < -0.4 is 0 Å². The zero-order valence-electron chi connectivity index (χ0n) is 10.3. The van der Waals surface area contributed by atoms with Gasteiger partial charge >= 0.3 is 0 Å². The lowest BCUT2D eigenvalue weighted by Crippen LogP contribution is -2.23. The third-order valence-electron chi connectivity index (χ3n) is 2.89. The molecular formula is C13H28O. The first-order chi connectivity index (χ1) is 6.62. The largest absolute Gasteiger partial charge is 0.390 e. The second-order valence-electron chi connectivity index (χ2n) is 4.76. The van der Waals surface area contributed by atoms with Crippen LogP contribution in [-0.4, -0.2) is 10.7 Å². The van der Waals surface area contributed by atoms with Gasteiger partial charge in [0.1, 0.15) is 0 Å². The van der Waals surface area contributed by atoms with E-state index in [4.69, 9.17) is 0 Å². The fourth-order valence-corrected chi connectivity index (χ4v) is 1.79. The van der Waals surface area contributed by atoms with Gasteiger partial charge in [0.2, 0.25) is 0 Å². The smallest absolute Gasteiger partial charge is 0.0619 e. The molecule has 0 bridgehead atoms. The number of aliphatic hydroxyl groups is 1. The Labute approximate surface area is 89.9 Å². The molecule has 0 fully saturated rings. The van der Waals surface area contributed by atoms with E-state index in [-0.39, 0.29) is 0 Å². The van der Waals surface area contributed by atoms with E-state index < -0.39 is 5.60 Å². The molecule has 0 heterocycles. The molecule has 1 N–H and O–H groups in total. The van der Waals surface area contributed by atoms with Crippen molar-refractivity contribution in [3.63, 3.8) is 0 Å². The zero-order chi connectivity index (χ0) is 10.9. The van der Waals surface area contributed by atoms with Crippen molar-refractivity contribution in [3.05, 3.63) is 0 Å². The number of hydrogen-bond acceptors (Lipinski definition) is 1. The zero-order valence-corrected chi connectivity index (χ0v) is 10.3. The van der Waals surface area contributed by atoms with Crippen molar-refractivity contribution in [1.29, 1.82) is 0 Å². The minimum Gasteiger partial charge on any atom is -0.390 e. The van der Waals surface area contributed by atoms with Gasteiger partial charge in [0, 0.05) is 0 Å². The summed E-state index contributed by atoms with van der Waals surface area (Å²) < 4.78 is 0. The molecule has 0 saturated carbocycles. The standard InChI is InChI=1S/C13H28O/c1-4-6-8-9-10-12-13(3,14)11-7-5-2/h14H,4-12H2,1-3H3. The molecule has 1 atom stereocenters. The molecule has 1 unspecified atom stereocenters. The normalized spacial score (nSPS) is 15.4. The lowest BCUT2D eigenvalue weighted by atomic mass is 9.92. The fourth-order valence-electron chi connectivity index (χ4n) is 1.79. The highest BCUT2D eigenvalue weighted by Gasteiger charge is 2.18. The van der Waals surface area contributed by atoms with E-state index in [0.29, 0.717) is 0 Å². The molecule has 14 heavy (non-hydrogen) atoms. The Morgan fingerprint density at radius 2 is 1.29 bits per heavy atom. The summed E-state index contributed by atoms with van der Waals surface area (Å²) in [7, 11) is 0. The molecule has 0 saturated heterocycles. The Morgan fingerprint density at radius 3 is 1.86 bits per heavy atom. The molecule has 0 aliphatic heterocycles. The predicted octanol–water partition coefficient (Wildman–Crippen LogP) is 4.29. The van der Waals surface area contributed by atoms with Gasteiger partial charge in [0.05, 0.1) is 5.60 Å². The second kappa shape index (κ2) is 8.28. The van der Waals surface area contributed by atoms with Crippen molar-refractivity contribution in [3.8, 4) is 0 Å². The predicted molar refractivity (Wildman–Crippen MR) is 63.5 cm³/mol. The summed E-state index contributed by atoms with van der Waals surface area (Å²) in [4.78, 5) is 0. The third-order valence-corrected chi connectivity index (χ3v) is 2.89. The van der Waals surface area contributed by atoms with Crippen molar-refractivity contribution in [2.24, 2.45) is 0 Å². The van der Waals surface area contributed by atoms with Crippen molar-refractivity contribution in [2.75, 3.05) is 0 Å². The minimum absolute atomic E-state index is 0.401. The lowest BCUT2D eigenvalue weighted by molar-refractivity contribution is 0.0371. The molecule has 0 aliphatic rings. The van der Waals surface area contributed by atoms with E-state index in [1.165, 1.54) is 38.5 Å². The van der Waals surface area contributed by atoms with E-state index in [0.717, 1.165) is 19.3 Å². The Bertz CT molecular complexity index is 118. The summed E-state index contributed by atoms with van der Waals surface area (Å²) in [6, 6.07) is 0. The minimum atomic E-state index is -0.401. The van der Waals surface area contributed by atoms with Gasteiger partial charge in [0.25, 0.3) is 0 Å². The van der Waals surface area contributed by atoms with Gasteiger partial charge in [-0.25, -0.2) is 0 Å². The number of hydrogen-bond donors (Lipinski definition) is 1. The Balaban J connectivity index is 3.35. The highest BCUT2D eigenvalue weighted by atomic mass is 16.3. The van der Waals surface area contributed by atoms with Gasteiger partial charge in [-0.05, 0) is 19.8 Å². The summed E-state index contributed by atoms with van der Waals surface area (Å²) in [6.45, 7) is 6.40. The molecule has 0 rings (SSSR count). The summed E-state index contributed by atoms with van der Waals surface area (Å²) in [6.07, 6.45) is 10.7. The highest BCUT2D eigenvalue weighted by molar-refractivity contribution is 4.71. The average molecular weight is 200 g/mol. The highest BCUT2D eigenvalue weighted by Crippen LogP contribution is 2.21. The van der Waals surface area contributed by atoms with Gasteiger partial charge in [0.15, 0.2) is 0 Å². The van der Waals surface area contributed by atoms with Crippen LogP contribution in [0.3, 0.4) is 0 Å². The molecule has 1 nitrogen and oxygen atoms in total. The van der Waals surface area contributed by atoms with Gasteiger partial charge < -0.3 is 5.11 Å². The van der Waals surface area contributed by atoms with E-state index in [9.17, 15) is 5.11 Å². The van der Waals surface area contributed by atoms with Crippen LogP contribution in [0.2, 0.25) is 0 Å². The quantitative estimate of drug-likeness (QED) is 0.550. The van der Waals surface area contributed by atoms with Crippen LogP contribution in [-0.2, 0) is 0 Å². The molecule has 0 aromatic rings. The molecule has 0 aromatic heterocycles. The Hall–Kier alpha value is -0.0400. The van der Waals surface area contributed by atoms with Crippen LogP contribution in [0, 0.1) is 0 Å². The molecule has 0 aromatic carbocycles. The lowest BCUT2D eigenvalue weighted by Gasteiger charge is -2.22. The monoisotopic (exact) mass is 200 g/mol. The Kier molecular flexibility index (Phi) is 8.26. The van der Waals surface area contributed by atoms with Crippen molar-refractivity contribution in [2.45, 2.75) is 84.2 Å². The van der Waals surface area contributed by atoms with Crippen LogP contribution in [0.5, 0.6) is 0 Å². The van der Waals surface area contributed by atoms with Crippen LogP contribution in [0.25, 0.3) is 0 Å². The SMILES string of the molecule is CCCCCCCC(C)(O)CCCC. The summed E-state index contributed by atoms with van der Waals surface area (Å²) in [5.41, 5.74) is -0.401. The molecule has 0 amide bonds. The van der Waals surface area contributed by atoms with E-state index in [2.05, 4.69) is 13.8 Å². The van der Waals surface area contributed by atoms with Crippen molar-refractivity contribution in [1.82, 2.24) is 0 Å². The third kappa shape index (κ3) is 8.55. The average Bonchev–Trinajstić information content (AvgIpc) is 2.15. The molecule has 0 aliphatic carbocycles. The first kappa shape index (κ1) is 14.0. The first-order valence-corrected chi connectivity index (χ1v) is 6.34. The second-order valence-corrected chi connectivity index (χ2v) is 4.76. The maximum absolute atomic E-state index is 10.0. The fraction of sp³-hybridized carbons (Fsp3) is 1.00. The summed E-state index contributed by atoms with van der Waals surface area (Å²) >= 11 is 0. The first-order valence-electron chi connectivity index (χ1n) is 6.34. The molecule has 1 heteroatoms. The van der Waals surface area contributed by atoms with Crippen LogP contribution in [0.4, 0.5) is 0 Å². The van der Waals surface area contributed by atoms with Crippen LogP contribution in [0.1, 0.15) is 78.6 Å². The van der Waals surface area contributed by atoms with E-state index >= 15 is 0 Å². The van der Waals surface area contributed by atoms with Crippen LogP contribution in [0.15, 0.2) is 0 Å². The van der Waals surface area contributed by atoms with Crippen LogP contribution >= 0.6 is 0 Å². The maximum Gasteiger partial charge on any atom is 0.0619 e. The maximum atomic E-state index is 10.0. The molecule has 0 radical (unpaired) electrons. The molecule has 86 valence electrons. The van der Waals surface area contributed by atoms with Gasteiger partial charge in [-0.3, -0.25) is 0 Å². The number of unbranched alkanes of at least 4 members (excludes halogenated alkanes) is 5. The van der Waals surface area contributed by atoms with E-state index in [1.807, 2.05) is 6.92 Å². The van der Waals surface area contributed by atoms with Gasteiger partial charge in [-0.2, -0.15) is 0 Å². The van der Waals surface area contributed by atoms with Crippen molar-refractivity contribution >= 4 is 0 Å². The summed E-state index contributed by atoms with van der Waals surface area (Å²) in [5.74, 6) is 0. The number of rotatable bonds is 9. The van der Waals surface area contributed by atoms with Gasteiger partial charge in [-0.15, -0.1) is 0 Å². The van der Waals surface area contributed by atoms with E-state index in [1.54, 1.807) is 0 Å². The topological polar surface area (TPSA) is 20.2 Å².